The van der Waals surface area contributed by atoms with Crippen molar-refractivity contribution in [2.75, 3.05) is 13.2 Å². The number of azide groups is 1. The molecule has 0 heterocycles. The second-order valence-corrected chi connectivity index (χ2v) is 7.95. The van der Waals surface area contributed by atoms with E-state index in [2.05, 4.69) is 39.6 Å². The Kier molecular flexibility index (Phi) is 6.00. The van der Waals surface area contributed by atoms with Gasteiger partial charge in [-0.1, -0.05) is 48.5 Å². The van der Waals surface area contributed by atoms with Gasteiger partial charge >= 0.3 is 6.09 Å². The number of benzene rings is 2. The minimum atomic E-state index is -0.413. The van der Waals surface area contributed by atoms with Crippen molar-refractivity contribution in [2.24, 2.45) is 17.0 Å². The molecule has 0 spiro atoms. The number of amides is 2. The molecule has 0 aliphatic heterocycles. The first-order valence-electron chi connectivity index (χ1n) is 10.3. The SMILES string of the molecule is [N-]=[N+]=NC(=O)C1CCC(CNC(=O)OCC2c3ccccc3-c3ccccc32)CC1. The molecule has 4 rings (SSSR count). The molecule has 0 saturated heterocycles. The van der Waals surface area contributed by atoms with Crippen LogP contribution in [0.4, 0.5) is 4.79 Å². The van der Waals surface area contributed by atoms with Gasteiger partial charge in [0.2, 0.25) is 5.91 Å². The fourth-order valence-corrected chi connectivity index (χ4v) is 4.62. The summed E-state index contributed by atoms with van der Waals surface area (Å²) in [6, 6.07) is 16.5. The van der Waals surface area contributed by atoms with Gasteiger partial charge in [-0.25, -0.2) is 4.79 Å². The number of fused-ring (bicyclic) bond motifs is 3. The Balaban J connectivity index is 1.27. The van der Waals surface area contributed by atoms with Gasteiger partial charge in [0.05, 0.1) is 0 Å². The molecule has 2 aromatic rings. The molecule has 0 unspecified atom stereocenters. The third-order valence-electron chi connectivity index (χ3n) is 6.22. The molecular weight excluding hydrogens is 380 g/mol. The van der Waals surface area contributed by atoms with E-state index in [1.165, 1.54) is 22.3 Å². The van der Waals surface area contributed by atoms with Crippen molar-refractivity contribution in [3.8, 4) is 11.1 Å². The summed E-state index contributed by atoms with van der Waals surface area (Å²) in [5.74, 6) is -0.210. The van der Waals surface area contributed by atoms with Crippen LogP contribution >= 0.6 is 0 Å². The predicted octanol–water partition coefficient (Wildman–Crippen LogP) is 5.17. The summed E-state index contributed by atoms with van der Waals surface area (Å²) in [6.07, 6.45) is 2.61. The number of ether oxygens (including phenoxy) is 1. The summed E-state index contributed by atoms with van der Waals surface area (Å²) < 4.78 is 5.56. The predicted molar refractivity (Wildman–Crippen MR) is 113 cm³/mol. The molecule has 1 fully saturated rings. The lowest BCUT2D eigenvalue weighted by molar-refractivity contribution is -0.122. The van der Waals surface area contributed by atoms with Gasteiger partial charge in [-0.2, -0.15) is 0 Å². The summed E-state index contributed by atoms with van der Waals surface area (Å²) >= 11 is 0. The quantitative estimate of drug-likeness (QED) is 0.422. The molecule has 2 amide bonds. The Morgan fingerprint density at radius 1 is 1.00 bits per heavy atom. The number of carbonyl (C=O) groups is 2. The van der Waals surface area contributed by atoms with Gasteiger partial charge in [-0.05, 0) is 64.5 Å². The average molecular weight is 404 g/mol. The van der Waals surface area contributed by atoms with Gasteiger partial charge < -0.3 is 10.1 Å². The topological polar surface area (TPSA) is 104 Å². The summed E-state index contributed by atoms with van der Waals surface area (Å²) in [7, 11) is 0. The Morgan fingerprint density at radius 3 is 2.20 bits per heavy atom. The highest BCUT2D eigenvalue weighted by Gasteiger charge is 2.29. The fraction of sp³-hybridized carbons (Fsp3) is 0.391. The molecule has 1 N–H and O–H groups in total. The van der Waals surface area contributed by atoms with Crippen LogP contribution in [0.5, 0.6) is 0 Å². The van der Waals surface area contributed by atoms with Crippen LogP contribution in [-0.2, 0) is 9.53 Å². The maximum absolute atomic E-state index is 12.3. The van der Waals surface area contributed by atoms with Crippen molar-refractivity contribution < 1.29 is 14.3 Å². The molecule has 2 aromatic carbocycles. The average Bonchev–Trinajstić information content (AvgIpc) is 3.10. The monoisotopic (exact) mass is 404 g/mol. The van der Waals surface area contributed by atoms with E-state index in [1.807, 2.05) is 24.3 Å². The first kappa shape index (κ1) is 20.0. The number of hydrogen-bond donors (Lipinski definition) is 1. The molecule has 2 aliphatic carbocycles. The summed E-state index contributed by atoms with van der Waals surface area (Å²) in [5, 5.41) is 6.06. The van der Waals surface area contributed by atoms with Crippen LogP contribution in [0.3, 0.4) is 0 Å². The molecule has 0 radical (unpaired) electrons. The van der Waals surface area contributed by atoms with Gasteiger partial charge in [0, 0.05) is 23.3 Å². The van der Waals surface area contributed by atoms with Crippen molar-refractivity contribution in [3.05, 3.63) is 70.1 Å². The van der Waals surface area contributed by atoms with Gasteiger partial charge in [0.25, 0.3) is 0 Å². The van der Waals surface area contributed by atoms with E-state index in [-0.39, 0.29) is 17.7 Å². The highest BCUT2D eigenvalue weighted by Crippen LogP contribution is 2.44. The number of nitrogens with zero attached hydrogens (tertiary/aromatic N) is 3. The van der Waals surface area contributed by atoms with Crippen LogP contribution in [-0.4, -0.2) is 25.2 Å². The second kappa shape index (κ2) is 9.01. The van der Waals surface area contributed by atoms with E-state index in [9.17, 15) is 9.59 Å². The van der Waals surface area contributed by atoms with Crippen LogP contribution in [0.2, 0.25) is 0 Å². The molecule has 1 saturated carbocycles. The Morgan fingerprint density at radius 2 is 1.60 bits per heavy atom. The molecule has 2 aliphatic rings. The van der Waals surface area contributed by atoms with E-state index in [0.29, 0.717) is 31.9 Å². The van der Waals surface area contributed by atoms with E-state index in [1.54, 1.807) is 0 Å². The highest BCUT2D eigenvalue weighted by atomic mass is 16.5. The molecule has 0 bridgehead atoms. The van der Waals surface area contributed by atoms with E-state index in [0.717, 1.165) is 12.8 Å². The zero-order valence-electron chi connectivity index (χ0n) is 16.7. The lowest BCUT2D eigenvalue weighted by Gasteiger charge is -2.26. The largest absolute Gasteiger partial charge is 0.449 e. The minimum Gasteiger partial charge on any atom is -0.449 e. The standard InChI is InChI=1S/C23H24N4O3/c24-27-26-22(28)16-11-9-15(10-12-16)13-25-23(29)30-14-21-19-7-3-1-5-17(19)18-6-2-4-8-20(18)21/h1-8,15-16,21H,9-14H2,(H,25,29). The number of hydrogen-bond acceptors (Lipinski definition) is 3. The Bertz CT molecular complexity index is 946. The van der Waals surface area contributed by atoms with Gasteiger partial charge in [-0.3, -0.25) is 4.79 Å². The van der Waals surface area contributed by atoms with Crippen LogP contribution in [0.25, 0.3) is 21.6 Å². The first-order valence-corrected chi connectivity index (χ1v) is 10.3. The van der Waals surface area contributed by atoms with Gasteiger partial charge in [0.15, 0.2) is 0 Å². The van der Waals surface area contributed by atoms with Gasteiger partial charge in [0.1, 0.15) is 6.61 Å². The van der Waals surface area contributed by atoms with Crippen molar-refractivity contribution >= 4 is 12.0 Å². The maximum Gasteiger partial charge on any atom is 0.407 e. The molecule has 7 nitrogen and oxygen atoms in total. The number of rotatable bonds is 5. The molecule has 154 valence electrons. The van der Waals surface area contributed by atoms with Crippen molar-refractivity contribution in [1.82, 2.24) is 5.32 Å². The van der Waals surface area contributed by atoms with Gasteiger partial charge in [-0.15, -0.1) is 0 Å². The molecule has 0 atom stereocenters. The zero-order valence-corrected chi connectivity index (χ0v) is 16.7. The maximum atomic E-state index is 12.3. The summed E-state index contributed by atoms with van der Waals surface area (Å²) in [6.45, 7) is 0.826. The van der Waals surface area contributed by atoms with E-state index in [4.69, 9.17) is 10.3 Å². The first-order chi connectivity index (χ1) is 14.7. The van der Waals surface area contributed by atoms with Crippen molar-refractivity contribution in [2.45, 2.75) is 31.6 Å². The van der Waals surface area contributed by atoms with Crippen molar-refractivity contribution in [3.63, 3.8) is 0 Å². The number of carbonyl (C=O) groups excluding carboxylic acids is 2. The van der Waals surface area contributed by atoms with E-state index < -0.39 is 6.09 Å². The van der Waals surface area contributed by atoms with Crippen molar-refractivity contribution in [1.29, 1.82) is 0 Å². The van der Waals surface area contributed by atoms with Crippen LogP contribution in [0.15, 0.2) is 53.6 Å². The molecule has 7 heteroatoms. The lowest BCUT2D eigenvalue weighted by atomic mass is 9.81. The van der Waals surface area contributed by atoms with E-state index >= 15 is 0 Å². The van der Waals surface area contributed by atoms with Crippen LogP contribution in [0, 0.1) is 11.8 Å². The Hall–Kier alpha value is -3.31. The Labute approximate surface area is 175 Å². The smallest absolute Gasteiger partial charge is 0.407 e. The molecule has 0 aromatic heterocycles. The number of alkyl carbamates (subject to hydrolysis) is 1. The molecular formula is C23H24N4O3. The van der Waals surface area contributed by atoms with Crippen LogP contribution < -0.4 is 5.32 Å². The third-order valence-corrected chi connectivity index (χ3v) is 6.22. The zero-order chi connectivity index (χ0) is 20.9. The number of nitrogens with one attached hydrogen (secondary N) is 1. The van der Waals surface area contributed by atoms with Crippen LogP contribution in [0.1, 0.15) is 42.7 Å². The second-order valence-electron chi connectivity index (χ2n) is 7.95. The third kappa shape index (κ3) is 4.16. The fourth-order valence-electron chi connectivity index (χ4n) is 4.62. The lowest BCUT2D eigenvalue weighted by Crippen LogP contribution is -2.33. The molecule has 30 heavy (non-hydrogen) atoms. The minimum absolute atomic E-state index is 0.0466. The highest BCUT2D eigenvalue weighted by molar-refractivity contribution is 5.80. The normalized spacial score (nSPS) is 19.9. The summed E-state index contributed by atoms with van der Waals surface area (Å²) in [4.78, 5) is 26.5. The summed E-state index contributed by atoms with van der Waals surface area (Å²) in [5.41, 5.74) is 13.2.